The largest absolute Gasteiger partial charge is 0.480 e. The molecule has 9 heteroatoms. The molecule has 2 aromatic rings. The number of ether oxygens (including phenoxy) is 2. The van der Waals surface area contributed by atoms with Crippen molar-refractivity contribution in [1.29, 1.82) is 5.26 Å². The maximum Gasteiger partial charge on any atom is 0.344 e. The molecule has 0 aromatic heterocycles. The maximum atomic E-state index is 12.6. The second kappa shape index (κ2) is 11.3. The van der Waals surface area contributed by atoms with Gasteiger partial charge < -0.3 is 14.8 Å². The molecule has 0 fully saturated rings. The minimum atomic E-state index is -0.545. The molecule has 2 rings (SSSR count). The van der Waals surface area contributed by atoms with Crippen molar-refractivity contribution in [3.05, 3.63) is 60.1 Å². The Hall–Kier alpha value is -2.09. The normalized spacial score (nSPS) is 10.9. The number of anilines is 1. The molecule has 0 heterocycles. The van der Waals surface area contributed by atoms with Crippen molar-refractivity contribution in [3.8, 4) is 11.8 Å². The van der Waals surface area contributed by atoms with E-state index in [9.17, 15) is 14.9 Å². The van der Waals surface area contributed by atoms with Crippen LogP contribution in [0, 0.1) is 21.8 Å². The third kappa shape index (κ3) is 6.45. The first kappa shape index (κ1) is 24.2. The number of carbonyl (C=O) groups excluding carboxylic acids is 2. The highest BCUT2D eigenvalue weighted by Crippen LogP contribution is 2.33. The zero-order valence-corrected chi connectivity index (χ0v) is 20.6. The van der Waals surface area contributed by atoms with Gasteiger partial charge in [-0.1, -0.05) is 17.7 Å². The summed E-state index contributed by atoms with van der Waals surface area (Å²) in [5.41, 5.74) is 1.79. The molecule has 0 aliphatic rings. The zero-order valence-electron chi connectivity index (χ0n) is 16.1. The van der Waals surface area contributed by atoms with E-state index >= 15 is 0 Å². The molecule has 0 unspecified atom stereocenters. The van der Waals surface area contributed by atoms with Crippen LogP contribution in [-0.2, 0) is 14.3 Å². The number of amides is 1. The highest BCUT2D eigenvalue weighted by atomic mass is 127. The number of benzene rings is 2. The average Bonchev–Trinajstić information content (AvgIpc) is 2.69. The molecule has 6 nitrogen and oxygen atoms in total. The Labute approximate surface area is 201 Å². The van der Waals surface area contributed by atoms with Gasteiger partial charge in [0, 0.05) is 10.7 Å². The molecule has 1 N–H and O–H groups in total. The van der Waals surface area contributed by atoms with Gasteiger partial charge in [-0.3, -0.25) is 4.79 Å². The van der Waals surface area contributed by atoms with Crippen LogP contribution >= 0.6 is 50.1 Å². The molecule has 0 aliphatic carbocycles. The van der Waals surface area contributed by atoms with Crippen LogP contribution in [0.15, 0.2) is 40.4 Å². The number of esters is 1. The average molecular weight is 604 g/mol. The van der Waals surface area contributed by atoms with E-state index in [4.69, 9.17) is 21.1 Å². The molecule has 2 aromatic carbocycles. The third-order valence-electron chi connectivity index (χ3n) is 3.85. The van der Waals surface area contributed by atoms with Crippen molar-refractivity contribution in [1.82, 2.24) is 0 Å². The molecule has 156 valence electrons. The summed E-state index contributed by atoms with van der Waals surface area (Å²) < 4.78 is 11.6. The first-order chi connectivity index (χ1) is 14.3. The van der Waals surface area contributed by atoms with Crippen LogP contribution in [0.1, 0.15) is 18.1 Å². The predicted octanol–water partition coefficient (Wildman–Crippen LogP) is 5.50. The SMILES string of the molecule is CCOC(=O)COc1c(Br)cc(/C=C(/C#N)C(=O)Nc2cccc(Cl)c2C)cc1I. The van der Waals surface area contributed by atoms with Crippen LogP contribution in [0.5, 0.6) is 5.75 Å². The Morgan fingerprint density at radius 1 is 1.37 bits per heavy atom. The fourth-order valence-corrected chi connectivity index (χ4v) is 4.33. The van der Waals surface area contributed by atoms with Gasteiger partial charge in [-0.15, -0.1) is 0 Å². The lowest BCUT2D eigenvalue weighted by molar-refractivity contribution is -0.145. The predicted molar refractivity (Wildman–Crippen MR) is 127 cm³/mol. The Bertz CT molecular complexity index is 1030. The summed E-state index contributed by atoms with van der Waals surface area (Å²) in [6.07, 6.45) is 1.47. The van der Waals surface area contributed by atoms with E-state index in [1.807, 2.05) is 28.7 Å². The number of halogens is 3. The molecule has 0 bridgehead atoms. The smallest absolute Gasteiger partial charge is 0.344 e. The van der Waals surface area contributed by atoms with Gasteiger partial charge in [-0.05, 0) is 93.8 Å². The lowest BCUT2D eigenvalue weighted by Crippen LogP contribution is -2.15. The van der Waals surface area contributed by atoms with E-state index in [1.54, 1.807) is 44.2 Å². The first-order valence-electron chi connectivity index (χ1n) is 8.72. The molecule has 0 radical (unpaired) electrons. The van der Waals surface area contributed by atoms with E-state index in [2.05, 4.69) is 21.2 Å². The lowest BCUT2D eigenvalue weighted by atomic mass is 10.1. The Morgan fingerprint density at radius 3 is 2.73 bits per heavy atom. The Morgan fingerprint density at radius 2 is 2.10 bits per heavy atom. The van der Waals surface area contributed by atoms with Gasteiger partial charge in [0.05, 0.1) is 14.6 Å². The van der Waals surface area contributed by atoms with Crippen LogP contribution < -0.4 is 10.1 Å². The van der Waals surface area contributed by atoms with Crippen molar-refractivity contribution < 1.29 is 19.1 Å². The number of nitrogens with one attached hydrogen (secondary N) is 1. The number of carbonyl (C=O) groups is 2. The molecule has 0 aliphatic heterocycles. The van der Waals surface area contributed by atoms with Crippen LogP contribution in [0.2, 0.25) is 5.02 Å². The molecule has 0 saturated carbocycles. The van der Waals surface area contributed by atoms with Crippen molar-refractivity contribution in [2.24, 2.45) is 0 Å². The van der Waals surface area contributed by atoms with E-state index in [1.165, 1.54) is 6.08 Å². The molecular formula is C21H17BrClIN2O4. The fraction of sp³-hybridized carbons (Fsp3) is 0.190. The highest BCUT2D eigenvalue weighted by molar-refractivity contribution is 14.1. The van der Waals surface area contributed by atoms with Crippen LogP contribution in [0.25, 0.3) is 6.08 Å². The maximum absolute atomic E-state index is 12.6. The number of hydrogen-bond donors (Lipinski definition) is 1. The Kier molecular flexibility index (Phi) is 9.14. The van der Waals surface area contributed by atoms with Crippen LogP contribution in [0.4, 0.5) is 5.69 Å². The summed E-state index contributed by atoms with van der Waals surface area (Å²) in [6, 6.07) is 10.5. The summed E-state index contributed by atoms with van der Waals surface area (Å²) in [5, 5.41) is 12.7. The molecule has 0 saturated heterocycles. The van der Waals surface area contributed by atoms with Crippen molar-refractivity contribution in [2.45, 2.75) is 13.8 Å². The topological polar surface area (TPSA) is 88.4 Å². The van der Waals surface area contributed by atoms with Gasteiger partial charge >= 0.3 is 5.97 Å². The summed E-state index contributed by atoms with van der Waals surface area (Å²) in [7, 11) is 0. The van der Waals surface area contributed by atoms with Gasteiger partial charge in [0.1, 0.15) is 17.4 Å². The molecule has 0 spiro atoms. The molecular weight excluding hydrogens is 587 g/mol. The van der Waals surface area contributed by atoms with Gasteiger partial charge in [-0.2, -0.15) is 5.26 Å². The second-order valence-corrected chi connectivity index (χ2v) is 8.37. The monoisotopic (exact) mass is 602 g/mol. The van der Waals surface area contributed by atoms with E-state index in [0.29, 0.717) is 35.6 Å². The second-order valence-electron chi connectivity index (χ2n) is 5.94. The van der Waals surface area contributed by atoms with Crippen molar-refractivity contribution in [3.63, 3.8) is 0 Å². The van der Waals surface area contributed by atoms with E-state index < -0.39 is 11.9 Å². The first-order valence-corrected chi connectivity index (χ1v) is 11.0. The van der Waals surface area contributed by atoms with Crippen LogP contribution in [-0.4, -0.2) is 25.1 Å². The minimum Gasteiger partial charge on any atom is -0.480 e. The van der Waals surface area contributed by atoms with Crippen molar-refractivity contribution in [2.75, 3.05) is 18.5 Å². The van der Waals surface area contributed by atoms with E-state index in [-0.39, 0.29) is 18.8 Å². The summed E-state index contributed by atoms with van der Waals surface area (Å²) >= 11 is 11.5. The molecule has 0 atom stereocenters. The number of hydrogen-bond acceptors (Lipinski definition) is 5. The number of rotatable bonds is 7. The zero-order chi connectivity index (χ0) is 22.3. The van der Waals surface area contributed by atoms with Crippen LogP contribution in [0.3, 0.4) is 0 Å². The summed E-state index contributed by atoms with van der Waals surface area (Å²) in [4.78, 5) is 24.0. The third-order valence-corrected chi connectivity index (χ3v) is 5.65. The van der Waals surface area contributed by atoms with Gasteiger partial charge in [0.2, 0.25) is 0 Å². The van der Waals surface area contributed by atoms with Gasteiger partial charge in [-0.25, -0.2) is 4.79 Å². The Balaban J connectivity index is 2.22. The summed E-state index contributed by atoms with van der Waals surface area (Å²) in [6.45, 7) is 3.55. The summed E-state index contributed by atoms with van der Waals surface area (Å²) in [5.74, 6) is -0.543. The van der Waals surface area contributed by atoms with Crippen molar-refractivity contribution >= 4 is 73.8 Å². The fourth-order valence-electron chi connectivity index (χ4n) is 2.38. The molecule has 30 heavy (non-hydrogen) atoms. The highest BCUT2D eigenvalue weighted by Gasteiger charge is 2.15. The number of nitrogens with zero attached hydrogens (tertiary/aromatic N) is 1. The van der Waals surface area contributed by atoms with Gasteiger partial charge in [0.25, 0.3) is 5.91 Å². The standard InChI is InChI=1S/C21H17BrClIN2O4/c1-3-29-19(27)11-30-20-15(22)8-13(9-17(20)24)7-14(10-25)21(28)26-18-6-4-5-16(23)12(18)2/h4-9H,3,11H2,1-2H3,(H,26,28)/b14-7-. The van der Waals surface area contributed by atoms with E-state index in [0.717, 1.165) is 0 Å². The molecule has 1 amide bonds. The lowest BCUT2D eigenvalue weighted by Gasteiger charge is -2.11. The number of nitriles is 1. The van der Waals surface area contributed by atoms with Gasteiger partial charge in [0.15, 0.2) is 6.61 Å². The quantitative estimate of drug-likeness (QED) is 0.195. The minimum absolute atomic E-state index is 0.0720.